The van der Waals surface area contributed by atoms with E-state index in [1.165, 1.54) is 23.9 Å². The van der Waals surface area contributed by atoms with Crippen LogP contribution in [-0.2, 0) is 6.61 Å². The third-order valence-electron chi connectivity index (χ3n) is 5.68. The third kappa shape index (κ3) is 3.88. The molecule has 2 fully saturated rings. The van der Waals surface area contributed by atoms with Gasteiger partial charge in [0.2, 0.25) is 0 Å². The van der Waals surface area contributed by atoms with Gasteiger partial charge in [-0.1, -0.05) is 5.16 Å². The molecule has 1 saturated heterocycles. The molecule has 1 saturated carbocycles. The molecule has 1 aliphatic heterocycles. The van der Waals surface area contributed by atoms with Gasteiger partial charge in [-0.05, 0) is 48.2 Å². The van der Waals surface area contributed by atoms with Crippen LogP contribution in [0.5, 0.6) is 5.75 Å². The molecule has 0 spiro atoms. The van der Waals surface area contributed by atoms with E-state index in [2.05, 4.69) is 45.7 Å². The zero-order chi connectivity index (χ0) is 21.3. The zero-order valence-corrected chi connectivity index (χ0v) is 17.2. The Kier molecular flexibility index (Phi) is 4.70. The minimum Gasteiger partial charge on any atom is -0.486 e. The van der Waals surface area contributed by atoms with Crippen molar-refractivity contribution in [2.24, 2.45) is 0 Å². The monoisotopic (exact) mass is 435 g/mol. The van der Waals surface area contributed by atoms with Gasteiger partial charge in [-0.25, -0.2) is 4.98 Å². The SMILES string of the molecule is c1cc(-n2cnnn2)ncc1OCc1cnn(C2CCN(c3nc(C4CC4)no3)CC2)n1. The lowest BCUT2D eigenvalue weighted by Crippen LogP contribution is -2.35. The molecule has 164 valence electrons. The molecule has 5 heterocycles. The molecule has 0 radical (unpaired) electrons. The summed E-state index contributed by atoms with van der Waals surface area (Å²) in [5.41, 5.74) is 0.767. The Labute approximate surface area is 182 Å². The normalized spacial score (nSPS) is 17.1. The summed E-state index contributed by atoms with van der Waals surface area (Å²) in [5.74, 6) is 2.60. The van der Waals surface area contributed by atoms with E-state index in [0.29, 0.717) is 30.1 Å². The Bertz CT molecular complexity index is 1160. The standard InChI is InChI=1S/C19H21N11O2/c1-2-13(1)18-23-19(32-25-18)28-7-5-15(6-8-28)30-22-9-14(24-30)11-31-16-3-4-17(20-10-16)29-12-21-26-27-29/h3-4,9-10,12-13,15H,1-2,5-8,11H2. The number of hydrogen-bond acceptors (Lipinski definition) is 11. The lowest BCUT2D eigenvalue weighted by atomic mass is 10.1. The summed E-state index contributed by atoms with van der Waals surface area (Å²) in [7, 11) is 0. The van der Waals surface area contributed by atoms with Crippen LogP contribution in [0.25, 0.3) is 5.82 Å². The number of ether oxygens (including phenoxy) is 1. The Morgan fingerprint density at radius 2 is 2.00 bits per heavy atom. The highest BCUT2D eigenvalue weighted by Gasteiger charge is 2.31. The third-order valence-corrected chi connectivity index (χ3v) is 5.68. The fraction of sp³-hybridized carbons (Fsp3) is 0.474. The zero-order valence-electron chi connectivity index (χ0n) is 17.2. The van der Waals surface area contributed by atoms with Gasteiger partial charge in [-0.3, -0.25) is 0 Å². The molecule has 0 aromatic carbocycles. The summed E-state index contributed by atoms with van der Waals surface area (Å²) >= 11 is 0. The van der Waals surface area contributed by atoms with Crippen LogP contribution in [0.4, 0.5) is 6.01 Å². The summed E-state index contributed by atoms with van der Waals surface area (Å²) < 4.78 is 12.7. The van der Waals surface area contributed by atoms with Crippen molar-refractivity contribution in [1.29, 1.82) is 0 Å². The molecule has 6 rings (SSSR count). The molecule has 4 aromatic rings. The number of tetrazole rings is 1. The molecular formula is C19H21N11O2. The van der Waals surface area contributed by atoms with Crippen molar-refractivity contribution in [2.75, 3.05) is 18.0 Å². The van der Waals surface area contributed by atoms with E-state index >= 15 is 0 Å². The summed E-state index contributed by atoms with van der Waals surface area (Å²) in [6.45, 7) is 1.99. The Morgan fingerprint density at radius 3 is 2.75 bits per heavy atom. The van der Waals surface area contributed by atoms with E-state index in [1.54, 1.807) is 23.3 Å². The second-order valence-electron chi connectivity index (χ2n) is 7.98. The lowest BCUT2D eigenvalue weighted by molar-refractivity contribution is 0.289. The second-order valence-corrected chi connectivity index (χ2v) is 7.98. The van der Waals surface area contributed by atoms with E-state index < -0.39 is 0 Å². The van der Waals surface area contributed by atoms with Crippen molar-refractivity contribution in [1.82, 2.24) is 50.3 Å². The van der Waals surface area contributed by atoms with Crippen molar-refractivity contribution < 1.29 is 9.26 Å². The molecule has 4 aromatic heterocycles. The number of rotatable bonds is 7. The predicted octanol–water partition coefficient (Wildman–Crippen LogP) is 1.33. The molecule has 0 unspecified atom stereocenters. The topological polar surface area (TPSA) is 139 Å². The Hall–Kier alpha value is -3.90. The number of nitrogens with zero attached hydrogens (tertiary/aromatic N) is 11. The van der Waals surface area contributed by atoms with E-state index in [1.807, 2.05) is 6.07 Å². The first-order chi connectivity index (χ1) is 15.8. The summed E-state index contributed by atoms with van der Waals surface area (Å²) in [6.07, 6.45) is 9.02. The molecule has 0 amide bonds. The van der Waals surface area contributed by atoms with Crippen LogP contribution in [0.15, 0.2) is 35.4 Å². The number of pyridine rings is 1. The van der Waals surface area contributed by atoms with Gasteiger partial charge >= 0.3 is 6.01 Å². The predicted molar refractivity (Wildman–Crippen MR) is 108 cm³/mol. The lowest BCUT2D eigenvalue weighted by Gasteiger charge is -2.29. The Morgan fingerprint density at radius 1 is 1.09 bits per heavy atom. The average molecular weight is 435 g/mol. The molecule has 0 atom stereocenters. The Balaban J connectivity index is 1.02. The number of piperidine rings is 1. The van der Waals surface area contributed by atoms with Crippen LogP contribution in [0.3, 0.4) is 0 Å². The smallest absolute Gasteiger partial charge is 0.324 e. The number of anilines is 1. The van der Waals surface area contributed by atoms with Gasteiger partial charge in [0.15, 0.2) is 11.6 Å². The maximum atomic E-state index is 5.79. The molecule has 0 N–H and O–H groups in total. The van der Waals surface area contributed by atoms with Crippen LogP contribution in [0.1, 0.15) is 49.2 Å². The highest BCUT2D eigenvalue weighted by atomic mass is 16.5. The highest BCUT2D eigenvalue weighted by Crippen LogP contribution is 2.39. The highest BCUT2D eigenvalue weighted by molar-refractivity contribution is 5.28. The van der Waals surface area contributed by atoms with E-state index in [0.717, 1.165) is 37.4 Å². The van der Waals surface area contributed by atoms with Crippen LogP contribution < -0.4 is 9.64 Å². The van der Waals surface area contributed by atoms with Crippen LogP contribution >= 0.6 is 0 Å². The van der Waals surface area contributed by atoms with Crippen molar-refractivity contribution in [3.63, 3.8) is 0 Å². The molecule has 2 aliphatic rings. The summed E-state index contributed by atoms with van der Waals surface area (Å²) in [5, 5.41) is 24.2. The van der Waals surface area contributed by atoms with E-state index in [9.17, 15) is 0 Å². The average Bonchev–Trinajstić information content (AvgIpc) is 3.26. The van der Waals surface area contributed by atoms with Gasteiger partial charge in [0.05, 0.1) is 18.4 Å². The number of aromatic nitrogens is 10. The van der Waals surface area contributed by atoms with E-state index in [4.69, 9.17) is 9.26 Å². The first kappa shape index (κ1) is 18.8. The molecule has 13 nitrogen and oxygen atoms in total. The molecule has 0 bridgehead atoms. The largest absolute Gasteiger partial charge is 0.486 e. The van der Waals surface area contributed by atoms with E-state index in [-0.39, 0.29) is 6.04 Å². The summed E-state index contributed by atoms with van der Waals surface area (Å²) in [6, 6.07) is 4.47. The van der Waals surface area contributed by atoms with Crippen LogP contribution in [0, 0.1) is 0 Å². The fourth-order valence-corrected chi connectivity index (χ4v) is 3.72. The summed E-state index contributed by atoms with van der Waals surface area (Å²) in [4.78, 5) is 12.8. The van der Waals surface area contributed by atoms with Gasteiger partial charge in [-0.2, -0.15) is 24.7 Å². The van der Waals surface area contributed by atoms with Gasteiger partial charge < -0.3 is 14.2 Å². The maximum Gasteiger partial charge on any atom is 0.324 e. The van der Waals surface area contributed by atoms with Crippen LogP contribution in [-0.4, -0.2) is 63.4 Å². The molecule has 32 heavy (non-hydrogen) atoms. The first-order valence-electron chi connectivity index (χ1n) is 10.6. The molecular weight excluding hydrogens is 414 g/mol. The van der Waals surface area contributed by atoms with Gasteiger partial charge in [0.25, 0.3) is 0 Å². The fourth-order valence-electron chi connectivity index (χ4n) is 3.72. The molecule has 13 heteroatoms. The number of hydrogen-bond donors (Lipinski definition) is 0. The van der Waals surface area contributed by atoms with Crippen molar-refractivity contribution >= 4 is 6.01 Å². The van der Waals surface area contributed by atoms with Gasteiger partial charge in [-0.15, -0.1) is 5.10 Å². The first-order valence-corrected chi connectivity index (χ1v) is 10.6. The van der Waals surface area contributed by atoms with Crippen molar-refractivity contribution in [2.45, 2.75) is 44.2 Å². The van der Waals surface area contributed by atoms with Gasteiger partial charge in [0, 0.05) is 19.0 Å². The van der Waals surface area contributed by atoms with Crippen molar-refractivity contribution in [3.8, 4) is 11.6 Å². The second kappa shape index (κ2) is 7.98. The van der Waals surface area contributed by atoms with Crippen molar-refractivity contribution in [3.05, 3.63) is 42.4 Å². The quantitative estimate of drug-likeness (QED) is 0.415. The maximum absolute atomic E-state index is 5.79. The van der Waals surface area contributed by atoms with Crippen LogP contribution in [0.2, 0.25) is 0 Å². The minimum absolute atomic E-state index is 0.239. The molecule has 1 aliphatic carbocycles. The van der Waals surface area contributed by atoms with Gasteiger partial charge in [0.1, 0.15) is 24.4 Å². The minimum atomic E-state index is 0.239.